The lowest BCUT2D eigenvalue weighted by Gasteiger charge is -2.43. The summed E-state index contributed by atoms with van der Waals surface area (Å²) in [7, 11) is -2.49. The molecule has 0 N–H and O–H groups in total. The van der Waals surface area contributed by atoms with Gasteiger partial charge in [-0.1, -0.05) is 93.1 Å². The lowest BCUT2D eigenvalue weighted by atomic mass is 10.2. The molecule has 2 aromatic carbocycles. The number of hydrogen-bond acceptors (Lipinski definition) is 3. The largest absolute Gasteiger partial charge is 0.403 e. The van der Waals surface area contributed by atoms with Crippen molar-refractivity contribution in [3.8, 4) is 0 Å². The van der Waals surface area contributed by atoms with Crippen molar-refractivity contribution in [1.82, 2.24) is 0 Å². The van der Waals surface area contributed by atoms with Gasteiger partial charge in [-0.15, -0.1) is 0 Å². The lowest BCUT2D eigenvalue weighted by Crippen LogP contribution is -2.66. The van der Waals surface area contributed by atoms with E-state index in [1.807, 2.05) is 13.8 Å². The van der Waals surface area contributed by atoms with E-state index in [0.717, 1.165) is 6.42 Å². The van der Waals surface area contributed by atoms with E-state index in [1.54, 1.807) is 0 Å². The fraction of sp³-hybridized carbons (Fsp3) is 0.462. The summed E-state index contributed by atoms with van der Waals surface area (Å²) < 4.78 is 18.6. The van der Waals surface area contributed by atoms with Gasteiger partial charge in [0.15, 0.2) is 5.79 Å². The highest BCUT2D eigenvalue weighted by Crippen LogP contribution is 2.37. The molecule has 0 radical (unpaired) electrons. The number of rotatable bonds is 7. The quantitative estimate of drug-likeness (QED) is 0.460. The second-order valence-electron chi connectivity index (χ2n) is 9.69. The van der Waals surface area contributed by atoms with E-state index in [0.29, 0.717) is 13.2 Å². The summed E-state index contributed by atoms with van der Waals surface area (Å²) >= 11 is 0. The molecule has 0 saturated carbocycles. The summed E-state index contributed by atoms with van der Waals surface area (Å²) in [4.78, 5) is 0. The van der Waals surface area contributed by atoms with Crippen molar-refractivity contribution in [2.24, 2.45) is 0 Å². The Morgan fingerprint density at radius 3 is 2.00 bits per heavy atom. The van der Waals surface area contributed by atoms with E-state index in [9.17, 15) is 0 Å². The fourth-order valence-electron chi connectivity index (χ4n) is 4.25. The molecule has 0 aromatic heterocycles. The van der Waals surface area contributed by atoms with E-state index in [1.165, 1.54) is 15.9 Å². The molecule has 0 aliphatic carbocycles. The van der Waals surface area contributed by atoms with Gasteiger partial charge in [-0.2, -0.15) is 0 Å². The first-order valence-corrected chi connectivity index (χ1v) is 12.8. The van der Waals surface area contributed by atoms with Gasteiger partial charge in [-0.3, -0.25) is 0 Å². The highest BCUT2D eigenvalue weighted by molar-refractivity contribution is 6.99. The Labute approximate surface area is 183 Å². The van der Waals surface area contributed by atoms with Gasteiger partial charge in [-0.25, -0.2) is 0 Å². The first-order chi connectivity index (χ1) is 14.1. The smallest absolute Gasteiger partial charge is 0.261 e. The predicted molar refractivity (Wildman–Crippen MR) is 127 cm³/mol. The van der Waals surface area contributed by atoms with Crippen molar-refractivity contribution in [3.05, 3.63) is 72.3 Å². The highest BCUT2D eigenvalue weighted by atomic mass is 28.4. The number of hydrogen-bond donors (Lipinski definition) is 0. The van der Waals surface area contributed by atoms with Crippen molar-refractivity contribution >= 4 is 18.7 Å². The van der Waals surface area contributed by atoms with E-state index in [-0.39, 0.29) is 11.1 Å². The predicted octanol–water partition coefficient (Wildman–Crippen LogP) is 5.05. The molecule has 1 aliphatic heterocycles. The van der Waals surface area contributed by atoms with Crippen LogP contribution in [0.15, 0.2) is 72.3 Å². The Balaban J connectivity index is 1.85. The lowest BCUT2D eigenvalue weighted by molar-refractivity contribution is -0.137. The molecule has 2 aromatic rings. The monoisotopic (exact) mass is 424 g/mol. The van der Waals surface area contributed by atoms with Crippen molar-refractivity contribution in [1.29, 1.82) is 0 Å². The van der Waals surface area contributed by atoms with Gasteiger partial charge in [0.25, 0.3) is 8.32 Å². The van der Waals surface area contributed by atoms with Crippen LogP contribution in [0.5, 0.6) is 0 Å². The summed E-state index contributed by atoms with van der Waals surface area (Å²) in [5.41, 5.74) is 1.23. The first-order valence-electron chi connectivity index (χ1n) is 10.9. The minimum atomic E-state index is -2.49. The van der Waals surface area contributed by atoms with Crippen molar-refractivity contribution in [3.63, 3.8) is 0 Å². The number of ether oxygens (including phenoxy) is 2. The van der Waals surface area contributed by atoms with Crippen LogP contribution < -0.4 is 10.4 Å². The minimum absolute atomic E-state index is 0.0115. The van der Waals surface area contributed by atoms with Crippen LogP contribution >= 0.6 is 0 Å². The van der Waals surface area contributed by atoms with Gasteiger partial charge in [0.05, 0.1) is 19.3 Å². The van der Waals surface area contributed by atoms with E-state index >= 15 is 0 Å². The summed E-state index contributed by atoms with van der Waals surface area (Å²) in [6.45, 7) is 14.3. The van der Waals surface area contributed by atoms with Gasteiger partial charge in [0.2, 0.25) is 0 Å². The molecule has 1 saturated heterocycles. The Kier molecular flexibility index (Phi) is 7.03. The van der Waals surface area contributed by atoms with Crippen LogP contribution in [0.3, 0.4) is 0 Å². The molecular weight excluding hydrogens is 388 g/mol. The van der Waals surface area contributed by atoms with Gasteiger partial charge in [0.1, 0.15) is 0 Å². The molecule has 1 heterocycles. The zero-order valence-corrected chi connectivity index (χ0v) is 20.3. The van der Waals surface area contributed by atoms with Crippen LogP contribution in [-0.2, 0) is 13.9 Å². The van der Waals surface area contributed by atoms with Crippen LogP contribution in [0, 0.1) is 0 Å². The zero-order valence-electron chi connectivity index (χ0n) is 19.3. The molecule has 4 heteroatoms. The van der Waals surface area contributed by atoms with Gasteiger partial charge in [-0.05, 0) is 42.6 Å². The topological polar surface area (TPSA) is 27.7 Å². The molecule has 3 rings (SSSR count). The van der Waals surface area contributed by atoms with E-state index < -0.39 is 14.1 Å². The van der Waals surface area contributed by atoms with Crippen LogP contribution in [0.25, 0.3) is 0 Å². The standard InChI is InChI=1S/C26H36O3Si/c1-21(17-18-22-20-27-26(5,6)29-22)19-28-30(25(2,3)4,23-13-9-7-10-14-23)24-15-11-8-12-16-24/h7-17,22H,18-20H2,1-6H3/b21-17+/t22-/m0/s1. The molecule has 0 bridgehead atoms. The third kappa shape index (κ3) is 5.12. The van der Waals surface area contributed by atoms with E-state index in [2.05, 4.69) is 94.4 Å². The first kappa shape index (κ1) is 23.0. The van der Waals surface area contributed by atoms with Gasteiger partial charge >= 0.3 is 0 Å². The molecule has 0 spiro atoms. The molecule has 0 amide bonds. The second-order valence-corrected chi connectivity index (χ2v) is 14.0. The summed E-state index contributed by atoms with van der Waals surface area (Å²) in [5.74, 6) is -0.474. The normalized spacial score (nSPS) is 19.8. The van der Waals surface area contributed by atoms with Crippen LogP contribution in [0.1, 0.15) is 48.0 Å². The summed E-state index contributed by atoms with van der Waals surface area (Å²) in [6.07, 6.45) is 3.20. The molecular formula is C26H36O3Si. The van der Waals surface area contributed by atoms with Crippen LogP contribution in [0.4, 0.5) is 0 Å². The van der Waals surface area contributed by atoms with Crippen molar-refractivity contribution in [2.45, 2.75) is 64.9 Å². The molecule has 1 aliphatic rings. The Hall–Kier alpha value is -1.72. The average molecular weight is 425 g/mol. The molecule has 3 nitrogen and oxygen atoms in total. The maximum Gasteiger partial charge on any atom is 0.261 e. The third-order valence-corrected chi connectivity index (χ3v) is 10.7. The zero-order chi connectivity index (χ0) is 21.8. The third-order valence-electron chi connectivity index (χ3n) is 5.73. The average Bonchev–Trinajstić information content (AvgIpc) is 3.06. The summed E-state index contributed by atoms with van der Waals surface area (Å²) in [6, 6.07) is 21.6. The van der Waals surface area contributed by atoms with Gasteiger partial charge in [0, 0.05) is 0 Å². The van der Waals surface area contributed by atoms with Crippen LogP contribution in [-0.4, -0.2) is 33.4 Å². The molecule has 0 unspecified atom stereocenters. The second kappa shape index (κ2) is 9.19. The van der Waals surface area contributed by atoms with Crippen molar-refractivity contribution in [2.75, 3.05) is 13.2 Å². The number of benzene rings is 2. The van der Waals surface area contributed by atoms with Crippen LogP contribution in [0.2, 0.25) is 5.04 Å². The maximum atomic E-state index is 6.98. The Morgan fingerprint density at radius 1 is 1.03 bits per heavy atom. The Bertz CT molecular complexity index is 798. The maximum absolute atomic E-state index is 6.98. The SMILES string of the molecule is C/C(=C\C[C@H]1COC(C)(C)O1)CO[Si](c1ccccc1)(c1ccccc1)C(C)(C)C. The molecule has 162 valence electrons. The minimum Gasteiger partial charge on any atom is -0.403 e. The highest BCUT2D eigenvalue weighted by Gasteiger charge is 2.50. The summed E-state index contributed by atoms with van der Waals surface area (Å²) in [5, 5.41) is 2.61. The van der Waals surface area contributed by atoms with Gasteiger partial charge < -0.3 is 13.9 Å². The van der Waals surface area contributed by atoms with Crippen molar-refractivity contribution < 1.29 is 13.9 Å². The molecule has 30 heavy (non-hydrogen) atoms. The molecule has 1 fully saturated rings. The van der Waals surface area contributed by atoms with E-state index in [4.69, 9.17) is 13.9 Å². The Morgan fingerprint density at radius 2 is 1.57 bits per heavy atom. The fourth-order valence-corrected chi connectivity index (χ4v) is 8.85. The molecule has 1 atom stereocenters.